The molecule has 1 heterocycles. The van der Waals surface area contributed by atoms with E-state index in [1.54, 1.807) is 13.8 Å². The van der Waals surface area contributed by atoms with Gasteiger partial charge in [-0.3, -0.25) is 4.79 Å². The van der Waals surface area contributed by atoms with Crippen molar-refractivity contribution in [2.75, 3.05) is 6.61 Å². The summed E-state index contributed by atoms with van der Waals surface area (Å²) in [5, 5.41) is 12.1. The van der Waals surface area contributed by atoms with Crippen LogP contribution in [0.1, 0.15) is 37.7 Å². The fraction of sp³-hybridized carbons (Fsp3) is 0.533. The van der Waals surface area contributed by atoms with Crippen LogP contribution in [0, 0.1) is 11.2 Å². The maximum Gasteiger partial charge on any atom is 0.330 e. The number of carbonyl (C=O) groups is 2. The van der Waals surface area contributed by atoms with E-state index in [0.29, 0.717) is 6.61 Å². The first-order valence-corrected chi connectivity index (χ1v) is 7.03. The predicted octanol–water partition coefficient (Wildman–Crippen LogP) is 1.61. The van der Waals surface area contributed by atoms with E-state index in [9.17, 15) is 19.1 Å². The van der Waals surface area contributed by atoms with Crippen LogP contribution < -0.4 is 5.32 Å². The summed E-state index contributed by atoms with van der Waals surface area (Å²) in [6, 6.07) is 2.32. The summed E-state index contributed by atoms with van der Waals surface area (Å²) < 4.78 is 18.4. The summed E-state index contributed by atoms with van der Waals surface area (Å²) in [7, 11) is 0. The topological polar surface area (TPSA) is 88.5 Å². The van der Waals surface area contributed by atoms with E-state index in [0.717, 1.165) is 12.3 Å². The van der Waals surface area contributed by atoms with E-state index in [2.05, 4.69) is 10.3 Å². The van der Waals surface area contributed by atoms with Crippen LogP contribution in [0.2, 0.25) is 0 Å². The van der Waals surface area contributed by atoms with Gasteiger partial charge in [-0.25, -0.2) is 14.2 Å². The molecule has 22 heavy (non-hydrogen) atoms. The Morgan fingerprint density at radius 1 is 1.50 bits per heavy atom. The average molecular weight is 310 g/mol. The van der Waals surface area contributed by atoms with Crippen molar-refractivity contribution in [3.05, 3.63) is 29.8 Å². The minimum absolute atomic E-state index is 0.0299. The second kappa shape index (κ2) is 5.64. The quantitative estimate of drug-likeness (QED) is 0.862. The maximum atomic E-state index is 12.8. The molecule has 0 aliphatic heterocycles. The van der Waals surface area contributed by atoms with E-state index in [4.69, 9.17) is 4.74 Å². The summed E-state index contributed by atoms with van der Waals surface area (Å²) in [6.07, 6.45) is 0.836. The minimum atomic E-state index is -1.43. The molecular weight excluding hydrogens is 291 g/mol. The first kappa shape index (κ1) is 16.4. The van der Waals surface area contributed by atoms with E-state index >= 15 is 0 Å². The van der Waals surface area contributed by atoms with Crippen LogP contribution in [0.4, 0.5) is 4.39 Å². The zero-order valence-electron chi connectivity index (χ0n) is 12.7. The van der Waals surface area contributed by atoms with Crippen LogP contribution in [0.25, 0.3) is 0 Å². The Morgan fingerprint density at radius 3 is 2.64 bits per heavy atom. The first-order chi connectivity index (χ1) is 10.2. The molecule has 0 spiro atoms. The normalized spacial score (nSPS) is 26.1. The standard InChI is InChI=1S/C15H19FN2O4/c1-4-22-11-7-15(13(20)21,14(11,2)3)18-12(19)10-6-5-9(16)8-17-10/h5-6,8,11H,4,7H2,1-3H3,(H,18,19)(H,20,21). The molecule has 1 saturated carbocycles. The van der Waals surface area contributed by atoms with Gasteiger partial charge in [0.25, 0.3) is 5.91 Å². The molecule has 0 bridgehead atoms. The highest BCUT2D eigenvalue weighted by Gasteiger charge is 2.66. The molecule has 0 saturated heterocycles. The number of halogens is 1. The second-order valence-electron chi connectivity index (χ2n) is 5.90. The van der Waals surface area contributed by atoms with Crippen LogP contribution in [0.3, 0.4) is 0 Å². The number of carboxylic acids is 1. The Morgan fingerprint density at radius 2 is 2.18 bits per heavy atom. The molecule has 1 fully saturated rings. The van der Waals surface area contributed by atoms with E-state index in [1.807, 2.05) is 6.92 Å². The number of pyridine rings is 1. The minimum Gasteiger partial charge on any atom is -0.479 e. The second-order valence-corrected chi connectivity index (χ2v) is 5.90. The van der Waals surface area contributed by atoms with Gasteiger partial charge in [-0.1, -0.05) is 13.8 Å². The van der Waals surface area contributed by atoms with Crippen molar-refractivity contribution >= 4 is 11.9 Å². The molecule has 7 heteroatoms. The van der Waals surface area contributed by atoms with E-state index in [-0.39, 0.29) is 18.2 Å². The fourth-order valence-corrected chi connectivity index (χ4v) is 2.80. The Labute approximate surface area is 127 Å². The number of nitrogens with zero attached hydrogens (tertiary/aromatic N) is 1. The zero-order valence-corrected chi connectivity index (χ0v) is 12.7. The Kier molecular flexibility index (Phi) is 4.19. The lowest BCUT2D eigenvalue weighted by atomic mass is 9.54. The fourth-order valence-electron chi connectivity index (χ4n) is 2.80. The largest absolute Gasteiger partial charge is 0.479 e. The molecule has 1 amide bonds. The monoisotopic (exact) mass is 310 g/mol. The van der Waals surface area contributed by atoms with Crippen molar-refractivity contribution in [2.45, 2.75) is 38.8 Å². The lowest BCUT2D eigenvalue weighted by molar-refractivity contribution is -0.190. The van der Waals surface area contributed by atoms with Gasteiger partial charge in [0, 0.05) is 18.4 Å². The van der Waals surface area contributed by atoms with Gasteiger partial charge >= 0.3 is 5.97 Å². The van der Waals surface area contributed by atoms with Gasteiger partial charge in [0.05, 0.1) is 12.3 Å². The summed E-state index contributed by atoms with van der Waals surface area (Å²) in [6.45, 7) is 5.78. The van der Waals surface area contributed by atoms with Crippen LogP contribution in [0.15, 0.2) is 18.3 Å². The molecule has 1 aliphatic rings. The molecule has 0 aromatic carbocycles. The Bertz CT molecular complexity index is 588. The summed E-state index contributed by atoms with van der Waals surface area (Å²) in [5.74, 6) is -2.33. The number of carboxylic acid groups (broad SMARTS) is 1. The SMILES string of the molecule is CCOC1CC(NC(=O)c2ccc(F)cn2)(C(=O)O)C1(C)C. The van der Waals surface area contributed by atoms with Crippen LogP contribution in [-0.2, 0) is 9.53 Å². The number of nitrogens with one attached hydrogen (secondary N) is 1. The number of rotatable bonds is 5. The van der Waals surface area contributed by atoms with Crippen LogP contribution in [-0.4, -0.2) is 40.2 Å². The molecule has 2 unspecified atom stereocenters. The third-order valence-corrected chi connectivity index (χ3v) is 4.42. The average Bonchev–Trinajstić information content (AvgIpc) is 2.46. The molecule has 0 radical (unpaired) electrons. The van der Waals surface area contributed by atoms with Gasteiger partial charge in [-0.2, -0.15) is 0 Å². The van der Waals surface area contributed by atoms with Gasteiger partial charge in [-0.15, -0.1) is 0 Å². The number of amides is 1. The van der Waals surface area contributed by atoms with Gasteiger partial charge in [0.15, 0.2) is 0 Å². The zero-order chi connectivity index (χ0) is 16.5. The molecule has 2 rings (SSSR count). The van der Waals surface area contributed by atoms with Crippen molar-refractivity contribution < 1.29 is 23.8 Å². The molecule has 1 aromatic heterocycles. The summed E-state index contributed by atoms with van der Waals surface area (Å²) in [5.41, 5.74) is -2.23. The van der Waals surface area contributed by atoms with E-state index < -0.39 is 28.6 Å². The van der Waals surface area contributed by atoms with Crippen molar-refractivity contribution in [2.24, 2.45) is 5.41 Å². The smallest absolute Gasteiger partial charge is 0.330 e. The highest BCUT2D eigenvalue weighted by Crippen LogP contribution is 2.51. The van der Waals surface area contributed by atoms with Crippen molar-refractivity contribution in [1.82, 2.24) is 10.3 Å². The van der Waals surface area contributed by atoms with Gasteiger partial charge < -0.3 is 15.2 Å². The Hall–Kier alpha value is -2.02. The van der Waals surface area contributed by atoms with Crippen LogP contribution >= 0.6 is 0 Å². The number of hydrogen-bond donors (Lipinski definition) is 2. The third-order valence-electron chi connectivity index (χ3n) is 4.42. The highest BCUT2D eigenvalue weighted by molar-refractivity contribution is 5.97. The van der Waals surface area contributed by atoms with Gasteiger partial charge in [0.1, 0.15) is 17.1 Å². The lowest BCUT2D eigenvalue weighted by Crippen LogP contribution is -2.76. The molecule has 1 aliphatic carbocycles. The van der Waals surface area contributed by atoms with Crippen molar-refractivity contribution in [1.29, 1.82) is 0 Å². The molecule has 1 aromatic rings. The van der Waals surface area contributed by atoms with Crippen molar-refractivity contribution in [3.63, 3.8) is 0 Å². The molecule has 120 valence electrons. The van der Waals surface area contributed by atoms with E-state index in [1.165, 1.54) is 6.07 Å². The summed E-state index contributed by atoms with van der Waals surface area (Å²) >= 11 is 0. The number of ether oxygens (including phenoxy) is 1. The highest BCUT2D eigenvalue weighted by atomic mass is 19.1. The predicted molar refractivity (Wildman–Crippen MR) is 75.8 cm³/mol. The first-order valence-electron chi connectivity index (χ1n) is 7.03. The van der Waals surface area contributed by atoms with Crippen molar-refractivity contribution in [3.8, 4) is 0 Å². The number of aromatic nitrogens is 1. The molecule has 2 N–H and O–H groups in total. The van der Waals surface area contributed by atoms with Gasteiger partial charge in [-0.05, 0) is 19.1 Å². The third kappa shape index (κ3) is 2.45. The number of carbonyl (C=O) groups excluding carboxylic acids is 1. The lowest BCUT2D eigenvalue weighted by Gasteiger charge is -2.58. The maximum absolute atomic E-state index is 12.8. The van der Waals surface area contributed by atoms with Gasteiger partial charge in [0.2, 0.25) is 0 Å². The molecule has 2 atom stereocenters. The Balaban J connectivity index is 2.22. The van der Waals surface area contributed by atoms with Crippen LogP contribution in [0.5, 0.6) is 0 Å². The molecule has 6 nitrogen and oxygen atoms in total. The summed E-state index contributed by atoms with van der Waals surface area (Å²) in [4.78, 5) is 27.6. The number of aliphatic carboxylic acids is 1. The number of hydrogen-bond acceptors (Lipinski definition) is 4. The molecular formula is C15H19FN2O4.